The first-order valence-electron chi connectivity index (χ1n) is 6.79. The Balaban J connectivity index is 2.27. The maximum atomic E-state index is 13.9. The Bertz CT molecular complexity index is 576. The minimum Gasteiger partial charge on any atom is -0.370 e. The van der Waals surface area contributed by atoms with Gasteiger partial charge in [0.15, 0.2) is 0 Å². The number of hydrogen-bond donors (Lipinski definition) is 1. The van der Waals surface area contributed by atoms with Crippen LogP contribution in [0.5, 0.6) is 0 Å². The highest BCUT2D eigenvalue weighted by atomic mass is 19.1. The molecule has 0 saturated carbocycles. The van der Waals surface area contributed by atoms with E-state index >= 15 is 0 Å². The summed E-state index contributed by atoms with van der Waals surface area (Å²) in [6, 6.07) is 13.1. The van der Waals surface area contributed by atoms with Crippen molar-refractivity contribution in [2.75, 3.05) is 11.9 Å². The molecule has 2 aromatic rings. The third-order valence-corrected chi connectivity index (χ3v) is 3.44. The monoisotopic (exact) mass is 272 g/mol. The summed E-state index contributed by atoms with van der Waals surface area (Å²) in [6.07, 6.45) is 0. The van der Waals surface area contributed by atoms with E-state index in [1.807, 2.05) is 24.9 Å². The molecule has 0 spiro atoms. The molecule has 0 fully saturated rings. The molecule has 0 aliphatic heterocycles. The summed E-state index contributed by atoms with van der Waals surface area (Å²) in [5.41, 5.74) is 9.75. The van der Waals surface area contributed by atoms with Gasteiger partial charge in [0.1, 0.15) is 5.82 Å². The molecule has 3 heteroatoms. The fourth-order valence-corrected chi connectivity index (χ4v) is 2.36. The van der Waals surface area contributed by atoms with E-state index in [2.05, 4.69) is 31.2 Å². The molecule has 0 aliphatic rings. The lowest BCUT2D eigenvalue weighted by Gasteiger charge is -2.24. The molecule has 2 nitrogen and oxygen atoms in total. The predicted octanol–water partition coefficient (Wildman–Crippen LogP) is 3.79. The maximum absolute atomic E-state index is 13.9. The Morgan fingerprint density at radius 2 is 1.80 bits per heavy atom. The summed E-state index contributed by atoms with van der Waals surface area (Å²) in [7, 11) is 1.96. The van der Waals surface area contributed by atoms with Crippen molar-refractivity contribution in [1.29, 1.82) is 0 Å². The number of nitrogens with two attached hydrogens (primary N) is 1. The Labute approximate surface area is 120 Å². The molecule has 0 unspecified atom stereocenters. The van der Waals surface area contributed by atoms with Gasteiger partial charge in [-0.1, -0.05) is 35.9 Å². The highest BCUT2D eigenvalue weighted by molar-refractivity contribution is 5.55. The van der Waals surface area contributed by atoms with Crippen molar-refractivity contribution in [3.8, 4) is 0 Å². The molecule has 20 heavy (non-hydrogen) atoms. The van der Waals surface area contributed by atoms with Crippen molar-refractivity contribution in [2.45, 2.75) is 26.4 Å². The molecule has 0 bridgehead atoms. The quantitative estimate of drug-likeness (QED) is 0.917. The van der Waals surface area contributed by atoms with Crippen LogP contribution < -0.4 is 10.6 Å². The van der Waals surface area contributed by atoms with Gasteiger partial charge in [-0.05, 0) is 31.5 Å². The second kappa shape index (κ2) is 6.06. The number of nitrogens with zero attached hydrogens (tertiary/aromatic N) is 1. The van der Waals surface area contributed by atoms with Crippen LogP contribution in [0.25, 0.3) is 0 Å². The lowest BCUT2D eigenvalue weighted by molar-refractivity contribution is 0.592. The lowest BCUT2D eigenvalue weighted by atomic mass is 10.0. The van der Waals surface area contributed by atoms with Crippen LogP contribution in [0.1, 0.15) is 29.7 Å². The van der Waals surface area contributed by atoms with Gasteiger partial charge in [0, 0.05) is 30.9 Å². The van der Waals surface area contributed by atoms with Crippen molar-refractivity contribution in [3.63, 3.8) is 0 Å². The molecule has 2 aromatic carbocycles. The number of rotatable bonds is 4. The molecular weight excluding hydrogens is 251 g/mol. The Morgan fingerprint density at radius 3 is 2.40 bits per heavy atom. The first-order chi connectivity index (χ1) is 9.49. The van der Waals surface area contributed by atoms with E-state index in [0.717, 1.165) is 12.2 Å². The van der Waals surface area contributed by atoms with Crippen LogP contribution in [0.2, 0.25) is 0 Å². The molecule has 0 aromatic heterocycles. The second-order valence-corrected chi connectivity index (χ2v) is 5.30. The van der Waals surface area contributed by atoms with Gasteiger partial charge in [-0.2, -0.15) is 0 Å². The van der Waals surface area contributed by atoms with Crippen LogP contribution in [-0.2, 0) is 6.54 Å². The van der Waals surface area contributed by atoms with E-state index in [0.29, 0.717) is 5.56 Å². The Morgan fingerprint density at radius 1 is 1.15 bits per heavy atom. The number of hydrogen-bond acceptors (Lipinski definition) is 2. The van der Waals surface area contributed by atoms with Crippen LogP contribution in [0.15, 0.2) is 42.5 Å². The summed E-state index contributed by atoms with van der Waals surface area (Å²) in [5.74, 6) is -0.242. The first-order valence-corrected chi connectivity index (χ1v) is 6.79. The van der Waals surface area contributed by atoms with Gasteiger partial charge in [0.25, 0.3) is 0 Å². The molecule has 2 rings (SSSR count). The van der Waals surface area contributed by atoms with Gasteiger partial charge in [0.2, 0.25) is 0 Å². The van der Waals surface area contributed by atoms with E-state index in [9.17, 15) is 4.39 Å². The van der Waals surface area contributed by atoms with Crippen molar-refractivity contribution in [1.82, 2.24) is 0 Å². The fraction of sp³-hybridized carbons (Fsp3) is 0.294. The molecule has 1 atom stereocenters. The number of anilines is 1. The molecule has 2 N–H and O–H groups in total. The van der Waals surface area contributed by atoms with Crippen LogP contribution in [0, 0.1) is 12.7 Å². The highest BCUT2D eigenvalue weighted by Crippen LogP contribution is 2.28. The number of halogens is 1. The van der Waals surface area contributed by atoms with E-state index in [1.165, 1.54) is 17.2 Å². The van der Waals surface area contributed by atoms with Gasteiger partial charge in [-0.25, -0.2) is 4.39 Å². The second-order valence-electron chi connectivity index (χ2n) is 5.30. The standard InChI is InChI=1S/C17H21FN2/c1-12-7-9-14(10-8-12)11-20(3)16-6-4-5-15(18)17(16)13(2)19/h4-10,13H,11,19H2,1-3H3/t13-/m0/s1. The maximum Gasteiger partial charge on any atom is 0.130 e. The Hall–Kier alpha value is -1.87. The van der Waals surface area contributed by atoms with Crippen LogP contribution in [0.4, 0.5) is 10.1 Å². The first kappa shape index (κ1) is 14.5. The SMILES string of the molecule is Cc1ccc(CN(C)c2cccc(F)c2[C@H](C)N)cc1. The topological polar surface area (TPSA) is 29.3 Å². The highest BCUT2D eigenvalue weighted by Gasteiger charge is 2.15. The average Bonchev–Trinajstić information content (AvgIpc) is 2.40. The van der Waals surface area contributed by atoms with Crippen LogP contribution in [-0.4, -0.2) is 7.05 Å². The summed E-state index contributed by atoms with van der Waals surface area (Å²) < 4.78 is 13.9. The Kier molecular flexibility index (Phi) is 4.40. The zero-order chi connectivity index (χ0) is 14.7. The van der Waals surface area contributed by atoms with E-state index < -0.39 is 0 Å². The lowest BCUT2D eigenvalue weighted by Crippen LogP contribution is -2.21. The summed E-state index contributed by atoms with van der Waals surface area (Å²) in [5, 5.41) is 0. The number of benzene rings is 2. The third kappa shape index (κ3) is 3.17. The smallest absolute Gasteiger partial charge is 0.130 e. The minimum absolute atomic E-state index is 0.242. The van der Waals surface area contributed by atoms with Crippen molar-refractivity contribution < 1.29 is 4.39 Å². The molecule has 106 valence electrons. The van der Waals surface area contributed by atoms with Crippen molar-refractivity contribution in [3.05, 3.63) is 65.0 Å². The fourth-order valence-electron chi connectivity index (χ4n) is 2.36. The number of aryl methyl sites for hydroxylation is 1. The zero-order valence-corrected chi connectivity index (χ0v) is 12.2. The van der Waals surface area contributed by atoms with Crippen LogP contribution in [0.3, 0.4) is 0 Å². The summed E-state index contributed by atoms with van der Waals surface area (Å²) >= 11 is 0. The van der Waals surface area contributed by atoms with Crippen LogP contribution >= 0.6 is 0 Å². The third-order valence-electron chi connectivity index (χ3n) is 3.44. The molecule has 0 radical (unpaired) electrons. The van der Waals surface area contributed by atoms with E-state index in [1.54, 1.807) is 6.07 Å². The van der Waals surface area contributed by atoms with Crippen molar-refractivity contribution in [2.24, 2.45) is 5.73 Å². The summed E-state index contributed by atoms with van der Waals surface area (Å²) in [4.78, 5) is 2.03. The molecular formula is C17H21FN2. The minimum atomic E-state index is -0.327. The van der Waals surface area contributed by atoms with E-state index in [-0.39, 0.29) is 11.9 Å². The summed E-state index contributed by atoms with van der Waals surface area (Å²) in [6.45, 7) is 4.60. The van der Waals surface area contributed by atoms with Gasteiger partial charge >= 0.3 is 0 Å². The van der Waals surface area contributed by atoms with Gasteiger partial charge < -0.3 is 10.6 Å². The van der Waals surface area contributed by atoms with Gasteiger partial charge in [0.05, 0.1) is 0 Å². The zero-order valence-electron chi connectivity index (χ0n) is 12.2. The average molecular weight is 272 g/mol. The van der Waals surface area contributed by atoms with Gasteiger partial charge in [-0.3, -0.25) is 0 Å². The molecule has 0 saturated heterocycles. The molecule has 0 heterocycles. The molecule has 0 amide bonds. The van der Waals surface area contributed by atoms with Crippen molar-refractivity contribution >= 4 is 5.69 Å². The van der Waals surface area contributed by atoms with E-state index in [4.69, 9.17) is 5.73 Å². The molecule has 0 aliphatic carbocycles. The normalized spacial score (nSPS) is 12.2. The largest absolute Gasteiger partial charge is 0.370 e. The predicted molar refractivity (Wildman–Crippen MR) is 82.3 cm³/mol. The van der Waals surface area contributed by atoms with Gasteiger partial charge in [-0.15, -0.1) is 0 Å².